The molecule has 3 nitrogen and oxygen atoms in total. The van der Waals surface area contributed by atoms with Gasteiger partial charge in [0.1, 0.15) is 0 Å². The maximum atomic E-state index is 12.7. The van der Waals surface area contributed by atoms with Crippen LogP contribution in [0, 0.1) is 5.92 Å². The summed E-state index contributed by atoms with van der Waals surface area (Å²) < 4.78 is 0. The summed E-state index contributed by atoms with van der Waals surface area (Å²) in [7, 11) is 0. The van der Waals surface area contributed by atoms with Crippen molar-refractivity contribution in [3.8, 4) is 11.1 Å². The maximum Gasteiger partial charge on any atom is 0.251 e. The predicted molar refractivity (Wildman–Crippen MR) is 113 cm³/mol. The normalized spacial score (nSPS) is 17.4. The molecule has 1 N–H and O–H groups in total. The molecule has 0 saturated carbocycles. The van der Waals surface area contributed by atoms with E-state index in [9.17, 15) is 4.79 Å². The van der Waals surface area contributed by atoms with Crippen LogP contribution in [0.1, 0.15) is 49.5 Å². The molecule has 0 unspecified atom stereocenters. The van der Waals surface area contributed by atoms with Crippen LogP contribution < -0.4 is 5.32 Å². The minimum Gasteiger partial charge on any atom is -0.350 e. The fourth-order valence-corrected chi connectivity index (χ4v) is 4.04. The zero-order valence-corrected chi connectivity index (χ0v) is 16.9. The lowest BCUT2D eigenvalue weighted by molar-refractivity contribution is 0.0941. The van der Waals surface area contributed by atoms with E-state index in [0.29, 0.717) is 12.0 Å². The zero-order chi connectivity index (χ0) is 19.2. The van der Waals surface area contributed by atoms with Crippen LogP contribution in [-0.2, 0) is 6.42 Å². The smallest absolute Gasteiger partial charge is 0.251 e. The molecule has 0 spiro atoms. The summed E-state index contributed by atoms with van der Waals surface area (Å²) in [4.78, 5) is 15.1. The number of likely N-dealkylation sites (N-methyl/N-ethyl adjacent to an activating group) is 1. The lowest BCUT2D eigenvalue weighted by Crippen LogP contribution is -2.40. The van der Waals surface area contributed by atoms with Gasteiger partial charge in [-0.25, -0.2) is 0 Å². The molecule has 1 aliphatic heterocycles. The third-order valence-electron chi connectivity index (χ3n) is 5.43. The molecule has 1 atom stereocenters. The van der Waals surface area contributed by atoms with E-state index in [1.54, 1.807) is 0 Å². The van der Waals surface area contributed by atoms with Crippen LogP contribution in [0.4, 0.5) is 0 Å². The Kier molecular flexibility index (Phi) is 6.68. The minimum atomic E-state index is 0.0261. The highest BCUT2D eigenvalue weighted by atomic mass is 16.1. The van der Waals surface area contributed by atoms with E-state index < -0.39 is 0 Å². The van der Waals surface area contributed by atoms with Gasteiger partial charge in [-0.2, -0.15) is 0 Å². The van der Waals surface area contributed by atoms with Crippen molar-refractivity contribution < 1.29 is 4.79 Å². The molecule has 0 radical (unpaired) electrons. The van der Waals surface area contributed by atoms with E-state index >= 15 is 0 Å². The van der Waals surface area contributed by atoms with Crippen LogP contribution in [0.15, 0.2) is 48.5 Å². The van der Waals surface area contributed by atoms with Crippen LogP contribution >= 0.6 is 0 Å². The number of carbonyl (C=O) groups excluding carboxylic acids is 1. The zero-order valence-electron chi connectivity index (χ0n) is 16.9. The van der Waals surface area contributed by atoms with Gasteiger partial charge in [-0.1, -0.05) is 57.2 Å². The minimum absolute atomic E-state index is 0.0261. The third-order valence-corrected chi connectivity index (χ3v) is 5.43. The van der Waals surface area contributed by atoms with E-state index in [1.165, 1.54) is 24.0 Å². The largest absolute Gasteiger partial charge is 0.350 e. The van der Waals surface area contributed by atoms with Crippen molar-refractivity contribution in [2.45, 2.75) is 46.1 Å². The molecule has 0 aliphatic carbocycles. The van der Waals surface area contributed by atoms with Crippen molar-refractivity contribution in [2.24, 2.45) is 5.92 Å². The first kappa shape index (κ1) is 19.6. The molecular weight excluding hydrogens is 332 g/mol. The van der Waals surface area contributed by atoms with Gasteiger partial charge in [-0.05, 0) is 67.1 Å². The molecule has 1 saturated heterocycles. The summed E-state index contributed by atoms with van der Waals surface area (Å²) in [6, 6.07) is 17.1. The van der Waals surface area contributed by atoms with Gasteiger partial charge in [0, 0.05) is 18.2 Å². The summed E-state index contributed by atoms with van der Waals surface area (Å²) >= 11 is 0. The van der Waals surface area contributed by atoms with Crippen molar-refractivity contribution in [1.82, 2.24) is 10.2 Å². The number of benzene rings is 2. The number of rotatable bonds is 7. The highest BCUT2D eigenvalue weighted by Gasteiger charge is 2.23. The van der Waals surface area contributed by atoms with Crippen LogP contribution in [0.25, 0.3) is 11.1 Å². The fourth-order valence-electron chi connectivity index (χ4n) is 4.04. The van der Waals surface area contributed by atoms with Crippen molar-refractivity contribution in [3.05, 3.63) is 59.7 Å². The average Bonchev–Trinajstić information content (AvgIpc) is 3.13. The summed E-state index contributed by atoms with van der Waals surface area (Å²) in [5, 5.41) is 3.14. The summed E-state index contributed by atoms with van der Waals surface area (Å²) in [5.41, 5.74) is 4.36. The van der Waals surface area contributed by atoms with Crippen LogP contribution in [-0.4, -0.2) is 36.5 Å². The number of likely N-dealkylation sites (tertiary alicyclic amines) is 1. The number of amides is 1. The number of hydrogen-bond donors (Lipinski definition) is 1. The first-order chi connectivity index (χ1) is 13.1. The van der Waals surface area contributed by atoms with Crippen LogP contribution in [0.3, 0.4) is 0 Å². The van der Waals surface area contributed by atoms with Gasteiger partial charge < -0.3 is 5.32 Å². The molecule has 1 aliphatic rings. The lowest BCUT2D eigenvalue weighted by Gasteiger charge is -2.22. The van der Waals surface area contributed by atoms with Crippen molar-refractivity contribution >= 4 is 5.91 Å². The second-order valence-corrected chi connectivity index (χ2v) is 8.01. The number of nitrogens with zero attached hydrogens (tertiary/aromatic N) is 1. The number of carbonyl (C=O) groups is 1. The second-order valence-electron chi connectivity index (χ2n) is 8.01. The monoisotopic (exact) mass is 364 g/mol. The van der Waals surface area contributed by atoms with Gasteiger partial charge in [-0.15, -0.1) is 0 Å². The molecule has 1 heterocycles. The Morgan fingerprint density at radius 2 is 1.89 bits per heavy atom. The van der Waals surface area contributed by atoms with E-state index in [1.807, 2.05) is 18.2 Å². The highest BCUT2D eigenvalue weighted by Crippen LogP contribution is 2.23. The molecular formula is C24H32N2O. The Hall–Kier alpha value is -2.13. The Bertz CT molecular complexity index is 768. The van der Waals surface area contributed by atoms with E-state index in [-0.39, 0.29) is 5.91 Å². The lowest BCUT2D eigenvalue weighted by atomic mass is 9.97. The van der Waals surface area contributed by atoms with E-state index in [4.69, 9.17) is 0 Å². The molecule has 2 aromatic rings. The molecule has 1 fully saturated rings. The van der Waals surface area contributed by atoms with Gasteiger partial charge in [0.25, 0.3) is 5.91 Å². The summed E-state index contributed by atoms with van der Waals surface area (Å²) in [6.45, 7) is 9.61. The Morgan fingerprint density at radius 1 is 1.15 bits per heavy atom. The van der Waals surface area contributed by atoms with Crippen LogP contribution in [0.5, 0.6) is 0 Å². The van der Waals surface area contributed by atoms with Crippen molar-refractivity contribution in [1.29, 1.82) is 0 Å². The fraction of sp³-hybridized carbons (Fsp3) is 0.458. The van der Waals surface area contributed by atoms with Gasteiger partial charge in [0.2, 0.25) is 0 Å². The molecule has 27 heavy (non-hydrogen) atoms. The second kappa shape index (κ2) is 9.18. The van der Waals surface area contributed by atoms with Gasteiger partial charge in [-0.3, -0.25) is 9.69 Å². The van der Waals surface area contributed by atoms with E-state index in [2.05, 4.69) is 61.3 Å². The molecule has 0 bridgehead atoms. The quantitative estimate of drug-likeness (QED) is 0.768. The topological polar surface area (TPSA) is 32.3 Å². The number of hydrogen-bond acceptors (Lipinski definition) is 2. The first-order valence-corrected chi connectivity index (χ1v) is 10.3. The third kappa shape index (κ3) is 5.20. The summed E-state index contributed by atoms with van der Waals surface area (Å²) in [5.74, 6) is 0.661. The maximum absolute atomic E-state index is 12.7. The molecule has 2 aromatic carbocycles. The Morgan fingerprint density at radius 3 is 2.63 bits per heavy atom. The number of nitrogens with one attached hydrogen (secondary N) is 1. The first-order valence-electron chi connectivity index (χ1n) is 10.3. The molecule has 3 rings (SSSR count). The molecule has 144 valence electrons. The molecule has 0 aromatic heterocycles. The molecule has 3 heteroatoms. The predicted octanol–water partition coefficient (Wildman–Crippen LogP) is 4.77. The van der Waals surface area contributed by atoms with Crippen LogP contribution in [0.2, 0.25) is 0 Å². The Labute approximate surface area is 163 Å². The van der Waals surface area contributed by atoms with E-state index in [0.717, 1.165) is 37.2 Å². The summed E-state index contributed by atoms with van der Waals surface area (Å²) in [6.07, 6.45) is 3.48. The molecule has 1 amide bonds. The SMILES string of the molecule is CCN1CCC[C@@H]1CNC(=O)c1cccc(-c2cccc(CC(C)C)c2)c1. The van der Waals surface area contributed by atoms with Crippen molar-refractivity contribution in [2.75, 3.05) is 19.6 Å². The van der Waals surface area contributed by atoms with Gasteiger partial charge in [0.15, 0.2) is 0 Å². The average molecular weight is 365 g/mol. The highest BCUT2D eigenvalue weighted by molar-refractivity contribution is 5.95. The van der Waals surface area contributed by atoms with Gasteiger partial charge >= 0.3 is 0 Å². The van der Waals surface area contributed by atoms with Gasteiger partial charge in [0.05, 0.1) is 0 Å². The van der Waals surface area contributed by atoms with Crippen molar-refractivity contribution in [3.63, 3.8) is 0 Å². The Balaban J connectivity index is 1.69. The standard InChI is InChI=1S/C24H32N2O/c1-4-26-13-7-12-23(26)17-25-24(27)22-11-6-10-21(16-22)20-9-5-8-19(15-20)14-18(2)3/h5-6,8-11,15-16,18,23H,4,7,12-14,17H2,1-3H3,(H,25,27)/t23-/m1/s1.